The summed E-state index contributed by atoms with van der Waals surface area (Å²) in [5, 5.41) is 8.75. The van der Waals surface area contributed by atoms with E-state index in [0.717, 1.165) is 12.8 Å². The first-order chi connectivity index (χ1) is 20.8. The number of hydrogen-bond donors (Lipinski definition) is 0. The van der Waals surface area contributed by atoms with Crippen molar-refractivity contribution < 1.29 is 26.2 Å². The van der Waals surface area contributed by atoms with Crippen LogP contribution in [-0.4, -0.2) is 8.07 Å². The van der Waals surface area contributed by atoms with E-state index in [9.17, 15) is 0 Å². The fraction of sp³-hybridized carbons (Fsp3) is 0.238. The third-order valence-electron chi connectivity index (χ3n) is 8.35. The molecule has 0 saturated heterocycles. The molecule has 0 aromatic heterocycles. The van der Waals surface area contributed by atoms with Crippen molar-refractivity contribution in [3.63, 3.8) is 0 Å². The fourth-order valence-corrected chi connectivity index (χ4v) is 10.6. The summed E-state index contributed by atoms with van der Waals surface area (Å²) in [6.07, 6.45) is 4.56. The topological polar surface area (TPSA) is 0 Å². The van der Waals surface area contributed by atoms with E-state index in [1.165, 1.54) is 67.8 Å². The van der Waals surface area contributed by atoms with Crippen LogP contribution >= 0.6 is 0 Å². The maximum atomic E-state index is 3.60. The van der Waals surface area contributed by atoms with Gasteiger partial charge in [-0.05, 0) is 11.1 Å². The molecule has 0 bridgehead atoms. The van der Waals surface area contributed by atoms with Crippen LogP contribution in [0.15, 0.2) is 109 Å². The zero-order chi connectivity index (χ0) is 31.0. The molecule has 0 radical (unpaired) electrons. The molecular weight excluding hydrogens is 624 g/mol. The smallest absolute Gasteiger partial charge is 0.343 e. The van der Waals surface area contributed by atoms with Gasteiger partial charge in [-0.15, -0.1) is 69.1 Å². The molecule has 0 amide bonds. The van der Waals surface area contributed by atoms with Gasteiger partial charge in [0.15, 0.2) is 0 Å². The molecule has 0 saturated carbocycles. The Balaban J connectivity index is 0.000000528. The molecule has 0 atom stereocenters. The van der Waals surface area contributed by atoms with Gasteiger partial charge in [-0.25, -0.2) is 0 Å². The summed E-state index contributed by atoms with van der Waals surface area (Å²) in [6.45, 7) is 21.2. The first kappa shape index (κ1) is 35.7. The summed E-state index contributed by atoms with van der Waals surface area (Å²) < 4.78 is 0. The van der Waals surface area contributed by atoms with E-state index in [4.69, 9.17) is 0 Å². The van der Waals surface area contributed by atoms with Crippen LogP contribution in [0.5, 0.6) is 0 Å². The zero-order valence-electron chi connectivity index (χ0n) is 27.6. The molecule has 0 nitrogen and oxygen atoms in total. The van der Waals surface area contributed by atoms with Crippen molar-refractivity contribution in [2.45, 2.75) is 66.5 Å². The summed E-state index contributed by atoms with van der Waals surface area (Å²) in [5.74, 6) is 0. The molecule has 6 rings (SSSR count). The zero-order valence-corrected chi connectivity index (χ0v) is 31.1. The van der Waals surface area contributed by atoms with E-state index in [1.807, 2.05) is 0 Å². The quantitative estimate of drug-likeness (QED) is 0.122. The molecule has 44 heavy (non-hydrogen) atoms. The van der Waals surface area contributed by atoms with Crippen LogP contribution in [0, 0.1) is 27.7 Å². The second kappa shape index (κ2) is 16.5. The number of hydrogen-bond acceptors (Lipinski definition) is 0. The molecule has 0 fully saturated rings. The molecule has 6 aromatic carbocycles. The molecule has 0 N–H and O–H groups in total. The summed E-state index contributed by atoms with van der Waals surface area (Å²) in [7, 11) is -2.10. The predicted octanol–water partition coefficient (Wildman–Crippen LogP) is 11.4. The maximum absolute atomic E-state index is 3.60. The van der Waals surface area contributed by atoms with Crippen molar-refractivity contribution in [2.24, 2.45) is 0 Å². The van der Waals surface area contributed by atoms with Crippen LogP contribution in [0.3, 0.4) is 0 Å². The monoisotopic (exact) mass is 670 g/mol. The number of aryl methyl sites for hydroxylation is 2. The summed E-state index contributed by atoms with van der Waals surface area (Å²) in [5.41, 5.74) is 8.14. The Morgan fingerprint density at radius 3 is 1.20 bits per heavy atom. The second-order valence-electron chi connectivity index (χ2n) is 12.0. The van der Waals surface area contributed by atoms with Crippen molar-refractivity contribution in [3.8, 4) is 22.3 Å². The van der Waals surface area contributed by atoms with Gasteiger partial charge in [0, 0.05) is 8.07 Å². The third-order valence-corrected chi connectivity index (χ3v) is 12.1. The Morgan fingerprint density at radius 2 is 0.886 bits per heavy atom. The molecule has 0 aliphatic carbocycles. The Hall–Kier alpha value is -2.80. The molecule has 0 heterocycles. The largest absolute Gasteiger partial charge is 4.00 e. The number of benzene rings is 4. The van der Waals surface area contributed by atoms with Crippen LogP contribution < -0.4 is 10.4 Å². The minimum absolute atomic E-state index is 0. The van der Waals surface area contributed by atoms with E-state index in [0.29, 0.717) is 0 Å². The fourth-order valence-electron chi connectivity index (χ4n) is 6.40. The van der Waals surface area contributed by atoms with Gasteiger partial charge >= 0.3 is 26.2 Å². The summed E-state index contributed by atoms with van der Waals surface area (Å²) >= 11 is 0. The first-order valence-corrected chi connectivity index (χ1v) is 18.9. The van der Waals surface area contributed by atoms with Crippen LogP contribution in [0.4, 0.5) is 0 Å². The Labute approximate surface area is 287 Å². The molecule has 0 unspecified atom stereocenters. The predicted molar refractivity (Wildman–Crippen MR) is 197 cm³/mol. The first-order valence-electron chi connectivity index (χ1n) is 15.9. The van der Waals surface area contributed by atoms with Crippen molar-refractivity contribution in [2.75, 3.05) is 0 Å². The van der Waals surface area contributed by atoms with E-state index in [2.05, 4.69) is 164 Å². The minimum atomic E-state index is -2.10. The molecule has 0 aliphatic heterocycles. The summed E-state index contributed by atoms with van der Waals surface area (Å²) in [4.78, 5) is 0. The van der Waals surface area contributed by atoms with Gasteiger partial charge in [-0.2, -0.15) is 23.2 Å². The van der Waals surface area contributed by atoms with E-state index in [1.54, 1.807) is 10.4 Å². The average Bonchev–Trinajstić information content (AvgIpc) is 3.58. The van der Waals surface area contributed by atoms with E-state index in [-0.39, 0.29) is 26.2 Å². The van der Waals surface area contributed by atoms with Gasteiger partial charge in [0.05, 0.1) is 0 Å². The van der Waals surface area contributed by atoms with Crippen LogP contribution in [0.1, 0.15) is 50.7 Å². The number of rotatable bonds is 6. The van der Waals surface area contributed by atoms with E-state index >= 15 is 0 Å². The molecule has 0 aliphatic rings. The Bertz CT molecular complexity index is 1600. The number of fused-ring (bicyclic) bond motifs is 2. The van der Waals surface area contributed by atoms with Crippen molar-refractivity contribution in [1.82, 2.24) is 0 Å². The van der Waals surface area contributed by atoms with Gasteiger partial charge in [0.1, 0.15) is 0 Å². The Kier molecular flexibility index (Phi) is 13.4. The van der Waals surface area contributed by atoms with Crippen LogP contribution in [-0.2, 0) is 26.2 Å². The van der Waals surface area contributed by atoms with Crippen molar-refractivity contribution in [1.29, 1.82) is 0 Å². The van der Waals surface area contributed by atoms with Crippen LogP contribution in [0.25, 0.3) is 43.8 Å². The van der Waals surface area contributed by atoms with Gasteiger partial charge in [0.2, 0.25) is 0 Å². The molecule has 0 spiro atoms. The standard InChI is InChI=1S/C34H30Si.2C4H9.Zr/c1-23-21-27-17-11-19-29(25-13-7-5-8-14-25)31(27)33(23)35(3,4)34-24(2)22-28-18-12-20-30(32(28)34)26-15-9-6-10-16-26;2*1-3-4-2;/h5-22H,1-4H3;2*1,3-4H2,2H3;/q-2;2*-1;+4. The normalized spacial score (nSPS) is 10.9. The summed E-state index contributed by atoms with van der Waals surface area (Å²) in [6, 6.07) is 40.2. The van der Waals surface area contributed by atoms with Crippen LogP contribution in [0.2, 0.25) is 13.1 Å². The molecule has 2 heteroatoms. The van der Waals surface area contributed by atoms with Gasteiger partial charge < -0.3 is 13.8 Å². The maximum Gasteiger partial charge on any atom is 4.00 e. The van der Waals surface area contributed by atoms with Crippen molar-refractivity contribution >= 4 is 40.0 Å². The Morgan fingerprint density at radius 1 is 0.545 bits per heavy atom. The van der Waals surface area contributed by atoms with Gasteiger partial charge in [-0.1, -0.05) is 138 Å². The SMILES string of the molecule is Cc1[cH-]c2cccc(-c3ccccc3)c2c1[Si](C)(C)c1c(C)[cH-]c2cccc(-c3ccccc3)c12.[CH2-]CCC.[CH2-]CCC.[Zr+4]. The van der Waals surface area contributed by atoms with Gasteiger partial charge in [0.25, 0.3) is 0 Å². The van der Waals surface area contributed by atoms with E-state index < -0.39 is 8.07 Å². The average molecular weight is 672 g/mol. The van der Waals surface area contributed by atoms with Gasteiger partial charge in [-0.3, -0.25) is 0 Å². The molecular formula is C42H48SiZr. The molecule has 6 aromatic rings. The van der Waals surface area contributed by atoms with Crippen molar-refractivity contribution in [3.05, 3.63) is 134 Å². The molecule has 224 valence electrons. The third kappa shape index (κ3) is 7.52. The minimum Gasteiger partial charge on any atom is -0.343 e. The number of unbranched alkanes of at least 4 members (excludes halogenated alkanes) is 2. The second-order valence-corrected chi connectivity index (χ2v) is 16.3.